The van der Waals surface area contributed by atoms with Crippen molar-refractivity contribution in [1.29, 1.82) is 0 Å². The lowest BCUT2D eigenvalue weighted by atomic mass is 9.84. The van der Waals surface area contributed by atoms with Crippen LogP contribution < -0.4 is 5.32 Å². The van der Waals surface area contributed by atoms with E-state index in [1.807, 2.05) is 18.2 Å². The first-order chi connectivity index (χ1) is 12.6. The van der Waals surface area contributed by atoms with E-state index in [2.05, 4.69) is 10.3 Å². The summed E-state index contributed by atoms with van der Waals surface area (Å²) >= 11 is 0. The highest BCUT2D eigenvalue weighted by molar-refractivity contribution is 5.83. The van der Waals surface area contributed by atoms with Crippen molar-refractivity contribution >= 4 is 11.8 Å². The van der Waals surface area contributed by atoms with Gasteiger partial charge in [0.25, 0.3) is 0 Å². The zero-order valence-corrected chi connectivity index (χ0v) is 15.3. The maximum Gasteiger partial charge on any atom is 0.225 e. The van der Waals surface area contributed by atoms with Crippen molar-refractivity contribution in [2.24, 2.45) is 5.92 Å². The Kier molecular flexibility index (Phi) is 6.25. The molecule has 2 aliphatic rings. The van der Waals surface area contributed by atoms with E-state index in [4.69, 9.17) is 0 Å². The van der Waals surface area contributed by atoms with E-state index >= 15 is 0 Å². The fourth-order valence-corrected chi connectivity index (χ4v) is 3.92. The van der Waals surface area contributed by atoms with E-state index in [1.54, 1.807) is 11.1 Å². The minimum atomic E-state index is -0.753. The normalized spacial score (nSPS) is 22.9. The summed E-state index contributed by atoms with van der Waals surface area (Å²) in [6.45, 7) is 1.36. The Balaban J connectivity index is 1.48. The number of hydrogen-bond donors (Lipinski definition) is 2. The number of likely N-dealkylation sites (tertiary alicyclic amines) is 1. The quantitative estimate of drug-likeness (QED) is 0.809. The van der Waals surface area contributed by atoms with Gasteiger partial charge in [0.2, 0.25) is 11.8 Å². The minimum Gasteiger partial charge on any atom is -0.388 e. The Bertz CT molecular complexity index is 614. The highest BCUT2D eigenvalue weighted by Crippen LogP contribution is 2.27. The summed E-state index contributed by atoms with van der Waals surface area (Å²) in [7, 11) is 0. The van der Waals surface area contributed by atoms with Gasteiger partial charge in [-0.2, -0.15) is 0 Å². The number of aliphatic hydroxyl groups is 1. The highest BCUT2D eigenvalue weighted by atomic mass is 16.3. The van der Waals surface area contributed by atoms with Gasteiger partial charge in [-0.1, -0.05) is 25.3 Å². The molecule has 2 N–H and O–H groups in total. The second-order valence-electron chi connectivity index (χ2n) is 7.65. The second-order valence-corrected chi connectivity index (χ2v) is 7.65. The van der Waals surface area contributed by atoms with Crippen LogP contribution in [-0.2, 0) is 16.0 Å². The lowest BCUT2D eigenvalue weighted by Gasteiger charge is -2.34. The van der Waals surface area contributed by atoms with Crippen molar-refractivity contribution in [3.05, 3.63) is 30.1 Å². The van der Waals surface area contributed by atoms with E-state index < -0.39 is 5.60 Å². The predicted octanol–water partition coefficient (Wildman–Crippen LogP) is 1.67. The molecular formula is C20H29N3O3. The average Bonchev–Trinajstić information content (AvgIpc) is 2.67. The molecular weight excluding hydrogens is 330 g/mol. The third kappa shape index (κ3) is 5.04. The Morgan fingerprint density at radius 3 is 2.85 bits per heavy atom. The van der Waals surface area contributed by atoms with Crippen LogP contribution in [0, 0.1) is 5.92 Å². The van der Waals surface area contributed by atoms with E-state index in [0.717, 1.165) is 37.8 Å². The van der Waals surface area contributed by atoms with Gasteiger partial charge < -0.3 is 15.3 Å². The Morgan fingerprint density at radius 1 is 1.31 bits per heavy atom. The molecule has 2 heterocycles. The molecule has 2 amide bonds. The lowest BCUT2D eigenvalue weighted by molar-refractivity contribution is -0.138. The molecule has 142 valence electrons. The molecule has 0 aromatic carbocycles. The number of nitrogens with one attached hydrogen (secondary N) is 1. The van der Waals surface area contributed by atoms with Crippen LogP contribution in [-0.4, -0.2) is 52.0 Å². The zero-order chi connectivity index (χ0) is 18.4. The van der Waals surface area contributed by atoms with Gasteiger partial charge in [0.15, 0.2) is 0 Å². The molecule has 1 aromatic rings. The Labute approximate surface area is 155 Å². The van der Waals surface area contributed by atoms with Crippen molar-refractivity contribution in [3.8, 4) is 0 Å². The van der Waals surface area contributed by atoms with Crippen molar-refractivity contribution in [2.45, 2.75) is 57.0 Å². The van der Waals surface area contributed by atoms with E-state index in [1.165, 1.54) is 0 Å². The number of carbonyl (C=O) groups is 2. The summed E-state index contributed by atoms with van der Waals surface area (Å²) in [6.07, 6.45) is 8.15. The first-order valence-electron chi connectivity index (χ1n) is 9.73. The molecule has 0 radical (unpaired) electrons. The molecule has 1 saturated carbocycles. The van der Waals surface area contributed by atoms with Crippen LogP contribution in [0.3, 0.4) is 0 Å². The van der Waals surface area contributed by atoms with Gasteiger partial charge in [0, 0.05) is 44.4 Å². The van der Waals surface area contributed by atoms with E-state index in [-0.39, 0.29) is 17.7 Å². The molecule has 6 nitrogen and oxygen atoms in total. The first kappa shape index (κ1) is 18.8. The van der Waals surface area contributed by atoms with Gasteiger partial charge >= 0.3 is 0 Å². The topological polar surface area (TPSA) is 82.5 Å². The average molecular weight is 359 g/mol. The van der Waals surface area contributed by atoms with Crippen molar-refractivity contribution in [2.75, 3.05) is 19.6 Å². The van der Waals surface area contributed by atoms with Crippen LogP contribution >= 0.6 is 0 Å². The van der Waals surface area contributed by atoms with Crippen LogP contribution in [0.15, 0.2) is 24.4 Å². The first-order valence-corrected chi connectivity index (χ1v) is 9.73. The maximum absolute atomic E-state index is 12.5. The molecule has 1 aromatic heterocycles. The van der Waals surface area contributed by atoms with Crippen LogP contribution in [0.25, 0.3) is 0 Å². The Morgan fingerprint density at radius 2 is 2.12 bits per heavy atom. The molecule has 1 aliphatic heterocycles. The molecule has 2 fully saturated rings. The summed E-state index contributed by atoms with van der Waals surface area (Å²) in [6, 6.07) is 5.76. The number of aromatic nitrogens is 1. The lowest BCUT2D eigenvalue weighted by Crippen LogP contribution is -2.50. The minimum absolute atomic E-state index is 0.0423. The summed E-state index contributed by atoms with van der Waals surface area (Å²) in [5, 5.41) is 13.5. The number of nitrogens with zero attached hydrogens (tertiary/aromatic N) is 2. The summed E-state index contributed by atoms with van der Waals surface area (Å²) < 4.78 is 0. The number of rotatable bonds is 6. The smallest absolute Gasteiger partial charge is 0.225 e. The summed E-state index contributed by atoms with van der Waals surface area (Å²) in [5.41, 5.74) is 0.197. The number of carbonyl (C=O) groups excluding carboxylic acids is 2. The van der Waals surface area contributed by atoms with Crippen LogP contribution in [0.2, 0.25) is 0 Å². The maximum atomic E-state index is 12.5. The molecule has 1 atom stereocenters. The monoisotopic (exact) mass is 359 g/mol. The van der Waals surface area contributed by atoms with Crippen molar-refractivity contribution < 1.29 is 14.7 Å². The Hall–Kier alpha value is -1.95. The number of pyridine rings is 1. The molecule has 1 saturated heterocycles. The summed E-state index contributed by atoms with van der Waals surface area (Å²) in [4.78, 5) is 30.8. The standard InChI is InChI=1S/C20H29N3O3/c24-18-8-7-16(14-23(18)13-9-17-6-2-5-12-21-17)19(25)22-15-20(26)10-3-1-4-11-20/h2,5-6,12,16,26H,1,3-4,7-11,13-15H2,(H,22,25). The van der Waals surface area contributed by atoms with E-state index in [9.17, 15) is 14.7 Å². The molecule has 3 rings (SSSR count). The van der Waals surface area contributed by atoms with E-state index in [0.29, 0.717) is 38.9 Å². The summed E-state index contributed by atoms with van der Waals surface area (Å²) in [5.74, 6) is -0.126. The predicted molar refractivity (Wildman–Crippen MR) is 98.3 cm³/mol. The van der Waals surface area contributed by atoms with Gasteiger partial charge in [0.1, 0.15) is 0 Å². The molecule has 1 aliphatic carbocycles. The number of hydrogen-bond acceptors (Lipinski definition) is 4. The van der Waals surface area contributed by atoms with Crippen LogP contribution in [0.5, 0.6) is 0 Å². The fraction of sp³-hybridized carbons (Fsp3) is 0.650. The zero-order valence-electron chi connectivity index (χ0n) is 15.3. The SMILES string of the molecule is O=C(NCC1(O)CCCCC1)C1CCC(=O)N(CCc2ccccn2)C1. The van der Waals surface area contributed by atoms with Crippen molar-refractivity contribution in [1.82, 2.24) is 15.2 Å². The van der Waals surface area contributed by atoms with Crippen LogP contribution in [0.4, 0.5) is 0 Å². The largest absolute Gasteiger partial charge is 0.388 e. The third-order valence-electron chi connectivity index (χ3n) is 5.61. The van der Waals surface area contributed by atoms with Gasteiger partial charge in [-0.05, 0) is 31.4 Å². The molecule has 0 spiro atoms. The van der Waals surface area contributed by atoms with Gasteiger partial charge in [0.05, 0.1) is 11.5 Å². The van der Waals surface area contributed by atoms with Gasteiger partial charge in [-0.15, -0.1) is 0 Å². The van der Waals surface area contributed by atoms with Gasteiger partial charge in [-0.3, -0.25) is 14.6 Å². The number of piperidine rings is 1. The van der Waals surface area contributed by atoms with Gasteiger partial charge in [-0.25, -0.2) is 0 Å². The second kappa shape index (κ2) is 8.62. The molecule has 0 bridgehead atoms. The third-order valence-corrected chi connectivity index (χ3v) is 5.61. The van der Waals surface area contributed by atoms with Crippen LogP contribution in [0.1, 0.15) is 50.6 Å². The number of amides is 2. The van der Waals surface area contributed by atoms with Crippen molar-refractivity contribution in [3.63, 3.8) is 0 Å². The fourth-order valence-electron chi connectivity index (χ4n) is 3.92. The molecule has 26 heavy (non-hydrogen) atoms. The molecule has 6 heteroatoms. The highest BCUT2D eigenvalue weighted by Gasteiger charge is 2.33. The molecule has 1 unspecified atom stereocenters.